The first-order valence-corrected chi connectivity index (χ1v) is 7.85. The molecule has 6 heteroatoms. The molecule has 118 valence electrons. The van der Waals surface area contributed by atoms with Crippen molar-refractivity contribution in [2.45, 2.75) is 13.0 Å². The predicted molar refractivity (Wildman–Crippen MR) is 90.7 cm³/mol. The van der Waals surface area contributed by atoms with Crippen LogP contribution in [0.5, 0.6) is 0 Å². The third kappa shape index (κ3) is 3.32. The van der Waals surface area contributed by atoms with Gasteiger partial charge in [-0.25, -0.2) is 18.7 Å². The molecule has 0 N–H and O–H groups in total. The fourth-order valence-electron chi connectivity index (χ4n) is 2.42. The van der Waals surface area contributed by atoms with Gasteiger partial charge in [0.05, 0.1) is 5.52 Å². The lowest BCUT2D eigenvalue weighted by Crippen LogP contribution is -2.19. The van der Waals surface area contributed by atoms with Crippen molar-refractivity contribution >= 4 is 32.7 Å². The quantitative estimate of drug-likeness (QED) is 0.642. The molecule has 0 amide bonds. The summed E-state index contributed by atoms with van der Waals surface area (Å²) >= 11 is 3.51. The Labute approximate surface area is 141 Å². The molecule has 3 rings (SSSR count). The third-order valence-corrected chi connectivity index (χ3v) is 4.30. The van der Waals surface area contributed by atoms with Crippen LogP contribution in [0, 0.1) is 0 Å². The Hall–Kier alpha value is -2.08. The molecule has 0 aliphatic rings. The number of hydrogen-bond donors (Lipinski definition) is 0. The molecule has 0 saturated carbocycles. The Kier molecular flexibility index (Phi) is 4.52. The summed E-state index contributed by atoms with van der Waals surface area (Å²) in [6.45, 7) is 0.547. The van der Waals surface area contributed by atoms with Gasteiger partial charge in [-0.2, -0.15) is 0 Å². The summed E-state index contributed by atoms with van der Waals surface area (Å²) < 4.78 is 27.1. The van der Waals surface area contributed by atoms with Crippen molar-refractivity contribution in [3.05, 3.63) is 64.4 Å². The van der Waals surface area contributed by atoms with Gasteiger partial charge in [0, 0.05) is 23.5 Å². The van der Waals surface area contributed by atoms with E-state index in [2.05, 4.69) is 25.9 Å². The van der Waals surface area contributed by atoms with Crippen molar-refractivity contribution in [2.75, 3.05) is 11.9 Å². The van der Waals surface area contributed by atoms with Crippen LogP contribution in [0.4, 0.5) is 14.6 Å². The van der Waals surface area contributed by atoms with Gasteiger partial charge in [0.15, 0.2) is 5.82 Å². The normalized spacial score (nSPS) is 11.2. The van der Waals surface area contributed by atoms with E-state index in [0.717, 1.165) is 15.4 Å². The zero-order valence-electron chi connectivity index (χ0n) is 12.4. The summed E-state index contributed by atoms with van der Waals surface area (Å²) in [6, 6.07) is 15.0. The number of alkyl halides is 2. The van der Waals surface area contributed by atoms with Crippen LogP contribution in [-0.4, -0.2) is 17.0 Å². The molecule has 0 saturated heterocycles. The van der Waals surface area contributed by atoms with Gasteiger partial charge in [-0.05, 0) is 23.8 Å². The highest BCUT2D eigenvalue weighted by atomic mass is 79.9. The van der Waals surface area contributed by atoms with Crippen LogP contribution in [0.3, 0.4) is 0 Å². The Morgan fingerprint density at radius 1 is 1.04 bits per heavy atom. The molecule has 0 bridgehead atoms. The molecular formula is C17H14BrF2N3. The molecule has 0 spiro atoms. The van der Waals surface area contributed by atoms with Crippen LogP contribution >= 0.6 is 15.9 Å². The highest BCUT2D eigenvalue weighted by Crippen LogP contribution is 2.28. The van der Waals surface area contributed by atoms with Crippen LogP contribution in [0.25, 0.3) is 10.9 Å². The van der Waals surface area contributed by atoms with Crippen molar-refractivity contribution in [1.29, 1.82) is 0 Å². The van der Waals surface area contributed by atoms with Gasteiger partial charge in [-0.1, -0.05) is 46.3 Å². The van der Waals surface area contributed by atoms with Gasteiger partial charge >= 0.3 is 0 Å². The molecule has 0 unspecified atom stereocenters. The lowest BCUT2D eigenvalue weighted by atomic mass is 10.2. The number of rotatable bonds is 4. The van der Waals surface area contributed by atoms with Crippen LogP contribution in [-0.2, 0) is 6.54 Å². The number of nitrogens with zero attached hydrogens (tertiary/aromatic N) is 3. The number of aromatic nitrogens is 2. The first-order chi connectivity index (χ1) is 11.1. The zero-order valence-corrected chi connectivity index (χ0v) is 14.0. The van der Waals surface area contributed by atoms with Crippen molar-refractivity contribution in [3.63, 3.8) is 0 Å². The second kappa shape index (κ2) is 6.58. The number of para-hydroxylation sites is 1. The van der Waals surface area contributed by atoms with Crippen LogP contribution in [0.15, 0.2) is 53.0 Å². The summed E-state index contributed by atoms with van der Waals surface area (Å²) in [4.78, 5) is 9.88. The number of halogens is 3. The first-order valence-electron chi connectivity index (χ1n) is 7.05. The Balaban J connectivity index is 2.05. The van der Waals surface area contributed by atoms with Crippen LogP contribution < -0.4 is 4.90 Å². The van der Waals surface area contributed by atoms with E-state index >= 15 is 0 Å². The highest BCUT2D eigenvalue weighted by molar-refractivity contribution is 9.10. The molecule has 1 heterocycles. The molecule has 0 radical (unpaired) electrons. The Morgan fingerprint density at radius 3 is 2.48 bits per heavy atom. The van der Waals surface area contributed by atoms with Crippen LogP contribution in [0.1, 0.15) is 17.8 Å². The maximum atomic E-state index is 13.1. The lowest BCUT2D eigenvalue weighted by molar-refractivity contribution is 0.141. The molecule has 3 nitrogen and oxygen atoms in total. The average molecular weight is 378 g/mol. The summed E-state index contributed by atoms with van der Waals surface area (Å²) in [5, 5.41) is 0.756. The molecule has 0 aliphatic heterocycles. The second-order valence-corrected chi connectivity index (χ2v) is 6.03. The monoisotopic (exact) mass is 377 g/mol. The fraction of sp³-hybridized carbons (Fsp3) is 0.176. The molecule has 3 aromatic rings. The summed E-state index contributed by atoms with van der Waals surface area (Å²) in [5.41, 5.74) is 1.57. The van der Waals surface area contributed by atoms with E-state index in [9.17, 15) is 8.78 Å². The number of fused-ring (bicyclic) bond motifs is 1. The Bertz CT molecular complexity index is 839. The second-order valence-electron chi connectivity index (χ2n) is 5.17. The SMILES string of the molecule is CN(Cc1ccccc1Br)c1nc(C(F)F)nc2ccccc12. The topological polar surface area (TPSA) is 29.0 Å². The molecule has 2 aromatic carbocycles. The van der Waals surface area contributed by atoms with Crippen molar-refractivity contribution in [2.24, 2.45) is 0 Å². The van der Waals surface area contributed by atoms with Crippen molar-refractivity contribution < 1.29 is 8.78 Å². The number of benzene rings is 2. The van der Waals surface area contributed by atoms with E-state index < -0.39 is 12.2 Å². The van der Waals surface area contributed by atoms with E-state index in [1.54, 1.807) is 12.1 Å². The summed E-state index contributed by atoms with van der Waals surface area (Å²) in [5.74, 6) is 0.0549. The standard InChI is InChI=1S/C17H14BrF2N3/c1-23(10-11-6-2-4-8-13(11)18)17-12-7-3-5-9-14(12)21-16(22-17)15(19)20/h2-9,15H,10H2,1H3. The van der Waals surface area contributed by atoms with Gasteiger partial charge in [-0.15, -0.1) is 0 Å². The van der Waals surface area contributed by atoms with Gasteiger partial charge in [0.25, 0.3) is 6.43 Å². The smallest absolute Gasteiger partial charge is 0.297 e. The predicted octanol–water partition coefficient (Wildman–Crippen LogP) is 4.97. The van der Waals surface area contributed by atoms with Gasteiger partial charge < -0.3 is 4.90 Å². The maximum absolute atomic E-state index is 13.1. The number of hydrogen-bond acceptors (Lipinski definition) is 3. The Morgan fingerprint density at radius 2 is 1.74 bits per heavy atom. The molecular weight excluding hydrogens is 364 g/mol. The minimum absolute atomic E-state index is 0.447. The maximum Gasteiger partial charge on any atom is 0.297 e. The minimum Gasteiger partial charge on any atom is -0.355 e. The van der Waals surface area contributed by atoms with E-state index in [-0.39, 0.29) is 0 Å². The molecule has 0 atom stereocenters. The van der Waals surface area contributed by atoms with Gasteiger partial charge in [0.2, 0.25) is 0 Å². The van der Waals surface area contributed by atoms with Gasteiger partial charge in [0.1, 0.15) is 5.82 Å². The van der Waals surface area contributed by atoms with E-state index in [4.69, 9.17) is 0 Å². The number of anilines is 1. The van der Waals surface area contributed by atoms with Gasteiger partial charge in [-0.3, -0.25) is 0 Å². The molecule has 0 fully saturated rings. The minimum atomic E-state index is -2.70. The van der Waals surface area contributed by atoms with Crippen molar-refractivity contribution in [3.8, 4) is 0 Å². The van der Waals surface area contributed by atoms with Crippen LogP contribution in [0.2, 0.25) is 0 Å². The summed E-state index contributed by atoms with van der Waals surface area (Å²) in [6.07, 6.45) is -2.70. The largest absolute Gasteiger partial charge is 0.355 e. The highest BCUT2D eigenvalue weighted by Gasteiger charge is 2.17. The average Bonchev–Trinajstić information content (AvgIpc) is 2.55. The third-order valence-electron chi connectivity index (χ3n) is 3.52. The first kappa shape index (κ1) is 15.8. The fourth-order valence-corrected chi connectivity index (χ4v) is 2.83. The molecule has 1 aromatic heterocycles. The lowest BCUT2D eigenvalue weighted by Gasteiger charge is -2.21. The van der Waals surface area contributed by atoms with E-state index in [1.165, 1.54) is 0 Å². The molecule has 23 heavy (non-hydrogen) atoms. The zero-order chi connectivity index (χ0) is 16.4. The van der Waals surface area contributed by atoms with E-state index in [1.807, 2.05) is 48.3 Å². The van der Waals surface area contributed by atoms with E-state index in [0.29, 0.717) is 17.9 Å². The molecule has 0 aliphatic carbocycles. The van der Waals surface area contributed by atoms with Crippen molar-refractivity contribution in [1.82, 2.24) is 9.97 Å². The summed E-state index contributed by atoms with van der Waals surface area (Å²) in [7, 11) is 1.84.